The Morgan fingerprint density at radius 2 is 1.75 bits per heavy atom. The average Bonchev–Trinajstić information content (AvgIpc) is 2.36. The van der Waals surface area contributed by atoms with Crippen molar-refractivity contribution >= 4 is 0 Å². The molecule has 0 radical (unpaired) electrons. The van der Waals surface area contributed by atoms with Gasteiger partial charge in [-0.1, -0.05) is 0 Å². The van der Waals surface area contributed by atoms with Gasteiger partial charge in [0.25, 0.3) is 0 Å². The molecule has 0 saturated heterocycles. The van der Waals surface area contributed by atoms with Gasteiger partial charge in [-0.3, -0.25) is 0 Å². The fourth-order valence-corrected chi connectivity index (χ4v) is 2.44. The Bertz CT molecular complexity index is 376. The van der Waals surface area contributed by atoms with Crippen LogP contribution in [0.2, 0.25) is 0 Å². The second-order valence-corrected chi connectivity index (χ2v) is 4.16. The molecule has 1 aliphatic rings. The zero-order valence-corrected chi connectivity index (χ0v) is 10.2. The predicted octanol–water partition coefficient (Wildman–Crippen LogP) is 1.78. The zero-order chi connectivity index (χ0) is 11.5. The summed E-state index contributed by atoms with van der Waals surface area (Å²) in [4.78, 5) is 0. The summed E-state index contributed by atoms with van der Waals surface area (Å²) in [5, 5.41) is 3.34. The lowest BCUT2D eigenvalue weighted by Crippen LogP contribution is -2.31. The fourth-order valence-electron chi connectivity index (χ4n) is 2.44. The lowest BCUT2D eigenvalue weighted by atomic mass is 9.87. The van der Waals surface area contributed by atoms with Crippen molar-refractivity contribution in [2.75, 3.05) is 21.3 Å². The van der Waals surface area contributed by atoms with Crippen LogP contribution in [0.5, 0.6) is 11.5 Å². The molecule has 16 heavy (non-hydrogen) atoms. The van der Waals surface area contributed by atoms with Crippen LogP contribution >= 0.6 is 0 Å². The van der Waals surface area contributed by atoms with Crippen molar-refractivity contribution in [3.05, 3.63) is 23.3 Å². The van der Waals surface area contributed by atoms with Gasteiger partial charge in [-0.25, -0.2) is 0 Å². The Morgan fingerprint density at radius 1 is 1.12 bits per heavy atom. The van der Waals surface area contributed by atoms with Gasteiger partial charge in [0, 0.05) is 17.2 Å². The Morgan fingerprint density at radius 3 is 2.31 bits per heavy atom. The highest BCUT2D eigenvalue weighted by Gasteiger charge is 2.23. The lowest BCUT2D eigenvalue weighted by Gasteiger charge is -2.27. The van der Waals surface area contributed by atoms with Gasteiger partial charge in [0.05, 0.1) is 14.2 Å². The van der Waals surface area contributed by atoms with E-state index in [9.17, 15) is 0 Å². The first-order valence-corrected chi connectivity index (χ1v) is 5.70. The van der Waals surface area contributed by atoms with E-state index in [4.69, 9.17) is 9.47 Å². The highest BCUT2D eigenvalue weighted by Crippen LogP contribution is 2.35. The molecule has 0 fully saturated rings. The van der Waals surface area contributed by atoms with Gasteiger partial charge in [0.15, 0.2) is 0 Å². The van der Waals surface area contributed by atoms with Crippen LogP contribution in [0.4, 0.5) is 0 Å². The summed E-state index contributed by atoms with van der Waals surface area (Å²) in [6, 6.07) is 4.54. The smallest absolute Gasteiger partial charge is 0.122 e. The highest BCUT2D eigenvalue weighted by molar-refractivity contribution is 5.50. The number of methoxy groups -OCH3 is 2. The predicted molar refractivity (Wildman–Crippen MR) is 64.4 cm³/mol. The largest absolute Gasteiger partial charge is 0.496 e. The number of hydrogen-bond donors (Lipinski definition) is 1. The molecular weight excluding hydrogens is 202 g/mol. The summed E-state index contributed by atoms with van der Waals surface area (Å²) >= 11 is 0. The summed E-state index contributed by atoms with van der Waals surface area (Å²) in [6.07, 6.45) is 3.24. The molecule has 1 aromatic rings. The summed E-state index contributed by atoms with van der Waals surface area (Å²) < 4.78 is 10.8. The first-order valence-electron chi connectivity index (χ1n) is 5.70. The molecule has 2 rings (SSSR count). The molecule has 3 nitrogen and oxygen atoms in total. The maximum absolute atomic E-state index is 5.42. The molecular formula is C13H19NO2. The summed E-state index contributed by atoms with van der Waals surface area (Å²) in [5.41, 5.74) is 2.61. The SMILES string of the molecule is CN[C@@H]1CCc2c(OC)ccc(OC)c2C1. The van der Waals surface area contributed by atoms with Crippen LogP contribution in [0.3, 0.4) is 0 Å². The maximum Gasteiger partial charge on any atom is 0.122 e. The number of likely N-dealkylation sites (N-methyl/N-ethyl adjacent to an activating group) is 1. The Labute approximate surface area is 96.8 Å². The van der Waals surface area contributed by atoms with Crippen molar-refractivity contribution in [1.82, 2.24) is 5.32 Å². The second kappa shape index (κ2) is 4.74. The number of rotatable bonds is 3. The van der Waals surface area contributed by atoms with Gasteiger partial charge in [0.1, 0.15) is 11.5 Å². The Balaban J connectivity index is 2.42. The van der Waals surface area contributed by atoms with Crippen molar-refractivity contribution in [2.45, 2.75) is 25.3 Å². The van der Waals surface area contributed by atoms with Gasteiger partial charge in [-0.05, 0) is 38.4 Å². The number of ether oxygens (including phenoxy) is 2. The summed E-state index contributed by atoms with van der Waals surface area (Å²) in [5.74, 6) is 1.97. The summed E-state index contributed by atoms with van der Waals surface area (Å²) in [7, 11) is 5.47. The minimum atomic E-state index is 0.550. The third-order valence-corrected chi connectivity index (χ3v) is 3.39. The topological polar surface area (TPSA) is 30.5 Å². The quantitative estimate of drug-likeness (QED) is 0.844. The normalized spacial score (nSPS) is 19.1. The molecule has 3 heteroatoms. The van der Waals surface area contributed by atoms with E-state index in [1.165, 1.54) is 11.1 Å². The third kappa shape index (κ3) is 1.87. The Hall–Kier alpha value is -1.22. The minimum absolute atomic E-state index is 0.550. The second-order valence-electron chi connectivity index (χ2n) is 4.16. The van der Waals surface area contributed by atoms with E-state index in [0.717, 1.165) is 30.8 Å². The number of nitrogens with one attached hydrogen (secondary N) is 1. The van der Waals surface area contributed by atoms with Crippen LogP contribution in [-0.2, 0) is 12.8 Å². The van der Waals surface area contributed by atoms with E-state index in [-0.39, 0.29) is 0 Å². The van der Waals surface area contributed by atoms with Gasteiger partial charge >= 0.3 is 0 Å². The van der Waals surface area contributed by atoms with Gasteiger partial charge < -0.3 is 14.8 Å². The molecule has 0 aliphatic heterocycles. The van der Waals surface area contributed by atoms with Crippen molar-refractivity contribution in [3.63, 3.8) is 0 Å². The lowest BCUT2D eigenvalue weighted by molar-refractivity contribution is 0.380. The monoisotopic (exact) mass is 221 g/mol. The van der Waals surface area contributed by atoms with Crippen LogP contribution in [-0.4, -0.2) is 27.3 Å². The first-order chi connectivity index (χ1) is 7.80. The fraction of sp³-hybridized carbons (Fsp3) is 0.538. The molecule has 0 bridgehead atoms. The van der Waals surface area contributed by atoms with Crippen molar-refractivity contribution in [3.8, 4) is 11.5 Å². The molecule has 0 aromatic heterocycles. The molecule has 1 aromatic carbocycles. The first kappa shape index (κ1) is 11.3. The van der Waals surface area contributed by atoms with Crippen molar-refractivity contribution in [1.29, 1.82) is 0 Å². The molecule has 0 saturated carbocycles. The molecule has 88 valence electrons. The summed E-state index contributed by atoms with van der Waals surface area (Å²) in [6.45, 7) is 0. The van der Waals surface area contributed by atoms with Crippen molar-refractivity contribution < 1.29 is 9.47 Å². The average molecular weight is 221 g/mol. The maximum atomic E-state index is 5.42. The molecule has 1 atom stereocenters. The molecule has 0 unspecified atom stereocenters. The van der Waals surface area contributed by atoms with Crippen LogP contribution in [0.25, 0.3) is 0 Å². The zero-order valence-electron chi connectivity index (χ0n) is 10.2. The van der Waals surface area contributed by atoms with Crippen LogP contribution in [0.1, 0.15) is 17.5 Å². The number of hydrogen-bond acceptors (Lipinski definition) is 3. The molecule has 0 spiro atoms. The van der Waals surface area contributed by atoms with Gasteiger partial charge in [-0.15, -0.1) is 0 Å². The van der Waals surface area contributed by atoms with Crippen LogP contribution in [0.15, 0.2) is 12.1 Å². The van der Waals surface area contributed by atoms with E-state index >= 15 is 0 Å². The van der Waals surface area contributed by atoms with E-state index in [1.54, 1.807) is 14.2 Å². The van der Waals surface area contributed by atoms with E-state index < -0.39 is 0 Å². The van der Waals surface area contributed by atoms with E-state index in [1.807, 2.05) is 19.2 Å². The number of benzene rings is 1. The highest BCUT2D eigenvalue weighted by atomic mass is 16.5. The standard InChI is InChI=1S/C13H19NO2/c1-14-9-4-5-10-11(8-9)13(16-3)7-6-12(10)15-2/h6-7,9,14H,4-5,8H2,1-3H3/t9-/m1/s1. The van der Waals surface area contributed by atoms with Gasteiger partial charge in [0.2, 0.25) is 0 Å². The van der Waals surface area contributed by atoms with Crippen molar-refractivity contribution in [2.24, 2.45) is 0 Å². The van der Waals surface area contributed by atoms with Gasteiger partial charge in [-0.2, -0.15) is 0 Å². The number of fused-ring (bicyclic) bond motifs is 1. The minimum Gasteiger partial charge on any atom is -0.496 e. The third-order valence-electron chi connectivity index (χ3n) is 3.39. The van der Waals surface area contributed by atoms with Crippen LogP contribution < -0.4 is 14.8 Å². The molecule has 0 heterocycles. The van der Waals surface area contributed by atoms with E-state index in [2.05, 4.69) is 5.32 Å². The molecule has 1 aliphatic carbocycles. The van der Waals surface area contributed by atoms with E-state index in [0.29, 0.717) is 6.04 Å². The van der Waals surface area contributed by atoms with Crippen LogP contribution in [0, 0.1) is 0 Å². The molecule has 1 N–H and O–H groups in total. The molecule has 0 amide bonds. The Kier molecular flexibility index (Phi) is 3.34.